The Balaban J connectivity index is 1.88. The maximum Gasteiger partial charge on any atom is 0.232 e. The van der Waals surface area contributed by atoms with Crippen LogP contribution in [-0.4, -0.2) is 21.6 Å². The third-order valence-corrected chi connectivity index (χ3v) is 2.69. The number of ether oxygens (including phenoxy) is 1. The molecular formula is C13H18N4O. The monoisotopic (exact) mass is 246 g/mol. The first-order chi connectivity index (χ1) is 8.81. The van der Waals surface area contributed by atoms with Crippen LogP contribution in [0.3, 0.4) is 0 Å². The molecule has 18 heavy (non-hydrogen) atoms. The largest absolute Gasteiger partial charge is 0.476 e. The minimum atomic E-state index is 0.575. The molecule has 5 nitrogen and oxygen atoms in total. The molecule has 0 radical (unpaired) electrons. The van der Waals surface area contributed by atoms with Crippen molar-refractivity contribution >= 4 is 5.69 Å². The summed E-state index contributed by atoms with van der Waals surface area (Å²) in [4.78, 5) is 0. The van der Waals surface area contributed by atoms with E-state index in [2.05, 4.69) is 17.2 Å². The highest BCUT2D eigenvalue weighted by molar-refractivity contribution is 5.46. The van der Waals surface area contributed by atoms with E-state index >= 15 is 0 Å². The molecule has 2 rings (SSSR count). The van der Waals surface area contributed by atoms with Crippen molar-refractivity contribution in [1.82, 2.24) is 15.0 Å². The lowest BCUT2D eigenvalue weighted by Crippen LogP contribution is -2.08. The molecule has 2 aromatic rings. The van der Waals surface area contributed by atoms with Crippen LogP contribution in [0.1, 0.15) is 18.9 Å². The van der Waals surface area contributed by atoms with Crippen LogP contribution in [0.15, 0.2) is 30.5 Å². The summed E-state index contributed by atoms with van der Waals surface area (Å²) in [5.41, 5.74) is 7.78. The average Bonchev–Trinajstić information content (AvgIpc) is 2.80. The number of rotatable bonds is 6. The average molecular weight is 246 g/mol. The fourth-order valence-corrected chi connectivity index (χ4v) is 1.75. The lowest BCUT2D eigenvalue weighted by molar-refractivity contribution is 0.286. The Morgan fingerprint density at radius 3 is 2.94 bits per heavy atom. The fraction of sp³-hybridized carbons (Fsp3) is 0.385. The molecule has 0 aliphatic carbocycles. The van der Waals surface area contributed by atoms with Gasteiger partial charge in [-0.25, -0.2) is 4.68 Å². The van der Waals surface area contributed by atoms with Crippen molar-refractivity contribution in [2.24, 2.45) is 0 Å². The summed E-state index contributed by atoms with van der Waals surface area (Å²) in [5, 5.41) is 7.81. The van der Waals surface area contributed by atoms with E-state index in [4.69, 9.17) is 10.5 Å². The highest BCUT2D eigenvalue weighted by Crippen LogP contribution is 2.13. The predicted octanol–water partition coefficient (Wildman–Crippen LogP) is 1.89. The Hall–Kier alpha value is -2.04. The van der Waals surface area contributed by atoms with Gasteiger partial charge in [0.1, 0.15) is 6.20 Å². The topological polar surface area (TPSA) is 66.0 Å². The highest BCUT2D eigenvalue weighted by atomic mass is 16.5. The predicted molar refractivity (Wildman–Crippen MR) is 70.4 cm³/mol. The molecule has 5 heteroatoms. The van der Waals surface area contributed by atoms with Crippen molar-refractivity contribution in [3.05, 3.63) is 36.0 Å². The number of hydrogen-bond donors (Lipinski definition) is 1. The number of nitrogens with two attached hydrogens (primary N) is 1. The molecule has 1 aromatic carbocycles. The van der Waals surface area contributed by atoms with Gasteiger partial charge in [-0.05, 0) is 18.1 Å². The van der Waals surface area contributed by atoms with Crippen LogP contribution in [0.25, 0.3) is 0 Å². The van der Waals surface area contributed by atoms with Gasteiger partial charge in [-0.3, -0.25) is 0 Å². The van der Waals surface area contributed by atoms with Gasteiger partial charge < -0.3 is 10.5 Å². The Morgan fingerprint density at radius 1 is 1.33 bits per heavy atom. The summed E-state index contributed by atoms with van der Waals surface area (Å²) in [6.07, 6.45) is 3.43. The number of benzene rings is 1. The third-order valence-electron chi connectivity index (χ3n) is 2.69. The number of aromatic nitrogens is 3. The quantitative estimate of drug-likeness (QED) is 0.790. The molecular weight excluding hydrogens is 228 g/mol. The zero-order valence-electron chi connectivity index (χ0n) is 10.5. The Kier molecular flexibility index (Phi) is 4.17. The summed E-state index contributed by atoms with van der Waals surface area (Å²) in [6, 6.07) is 7.83. The summed E-state index contributed by atoms with van der Waals surface area (Å²) in [6.45, 7) is 3.49. The summed E-state index contributed by atoms with van der Waals surface area (Å²) in [5.74, 6) is 0.714. The lowest BCUT2D eigenvalue weighted by atomic mass is 10.1. The van der Waals surface area contributed by atoms with E-state index in [0.29, 0.717) is 12.5 Å². The van der Waals surface area contributed by atoms with Gasteiger partial charge in [0, 0.05) is 18.7 Å². The first-order valence-electron chi connectivity index (χ1n) is 6.16. The number of nitrogens with zero attached hydrogens (tertiary/aromatic N) is 3. The van der Waals surface area contributed by atoms with Gasteiger partial charge in [-0.15, -0.1) is 5.10 Å². The Labute approximate surface area is 107 Å². The van der Waals surface area contributed by atoms with Gasteiger partial charge in [0.15, 0.2) is 0 Å². The molecule has 1 heterocycles. The van der Waals surface area contributed by atoms with Gasteiger partial charge in [-0.1, -0.05) is 30.3 Å². The van der Waals surface area contributed by atoms with E-state index in [0.717, 1.165) is 30.6 Å². The molecule has 0 bridgehead atoms. The molecule has 0 spiro atoms. The third kappa shape index (κ3) is 3.00. The van der Waals surface area contributed by atoms with Gasteiger partial charge >= 0.3 is 0 Å². The van der Waals surface area contributed by atoms with Crippen LogP contribution in [0.4, 0.5) is 5.69 Å². The molecule has 0 aliphatic heterocycles. The van der Waals surface area contributed by atoms with Gasteiger partial charge in [0.2, 0.25) is 5.88 Å². The van der Waals surface area contributed by atoms with Crippen molar-refractivity contribution in [2.45, 2.75) is 26.3 Å². The maximum atomic E-state index is 5.87. The fourth-order valence-electron chi connectivity index (χ4n) is 1.75. The number of aryl methyl sites for hydroxylation is 1. The van der Waals surface area contributed by atoms with Crippen LogP contribution in [-0.2, 0) is 13.0 Å². The number of anilines is 1. The Bertz CT molecular complexity index is 495. The zero-order valence-corrected chi connectivity index (χ0v) is 10.5. The van der Waals surface area contributed by atoms with E-state index in [1.807, 2.05) is 24.3 Å². The number of nitrogen functional groups attached to an aromatic ring is 1. The number of hydrogen-bond acceptors (Lipinski definition) is 4. The van der Waals surface area contributed by atoms with Crippen LogP contribution >= 0.6 is 0 Å². The second-order valence-corrected chi connectivity index (χ2v) is 4.09. The highest BCUT2D eigenvalue weighted by Gasteiger charge is 2.04. The van der Waals surface area contributed by atoms with Gasteiger partial charge in [-0.2, -0.15) is 0 Å². The molecule has 0 saturated carbocycles. The zero-order chi connectivity index (χ0) is 12.8. The van der Waals surface area contributed by atoms with Crippen LogP contribution in [0, 0.1) is 0 Å². The molecule has 0 atom stereocenters. The van der Waals surface area contributed by atoms with Gasteiger partial charge in [0.05, 0.1) is 6.61 Å². The minimum Gasteiger partial charge on any atom is -0.476 e. The minimum absolute atomic E-state index is 0.575. The molecule has 0 saturated heterocycles. The summed E-state index contributed by atoms with van der Waals surface area (Å²) >= 11 is 0. The normalized spacial score (nSPS) is 10.5. The smallest absolute Gasteiger partial charge is 0.232 e. The first kappa shape index (κ1) is 12.4. The van der Waals surface area contributed by atoms with Crippen molar-refractivity contribution in [1.29, 1.82) is 0 Å². The van der Waals surface area contributed by atoms with Gasteiger partial charge in [0.25, 0.3) is 0 Å². The molecule has 1 aromatic heterocycles. The summed E-state index contributed by atoms with van der Waals surface area (Å²) < 4.78 is 7.44. The molecule has 0 amide bonds. The van der Waals surface area contributed by atoms with Crippen LogP contribution in [0.5, 0.6) is 5.88 Å². The molecule has 96 valence electrons. The van der Waals surface area contributed by atoms with E-state index in [1.54, 1.807) is 10.9 Å². The second-order valence-electron chi connectivity index (χ2n) is 4.09. The van der Waals surface area contributed by atoms with E-state index in [1.165, 1.54) is 0 Å². The maximum absolute atomic E-state index is 5.87. The van der Waals surface area contributed by atoms with Crippen LogP contribution < -0.4 is 10.5 Å². The summed E-state index contributed by atoms with van der Waals surface area (Å²) in [7, 11) is 0. The lowest BCUT2D eigenvalue weighted by Gasteiger charge is -2.08. The van der Waals surface area contributed by atoms with Crippen LogP contribution in [0.2, 0.25) is 0 Å². The van der Waals surface area contributed by atoms with E-state index in [9.17, 15) is 0 Å². The standard InChI is InChI=1S/C13H18N4O/c1-2-8-17-13(10-15-16-17)18-9-7-11-5-3-4-6-12(11)14/h3-6,10H,2,7-9,14H2,1H3. The molecule has 0 aliphatic rings. The molecule has 0 fully saturated rings. The number of para-hydroxylation sites is 1. The van der Waals surface area contributed by atoms with E-state index in [-0.39, 0.29) is 0 Å². The van der Waals surface area contributed by atoms with Crippen molar-refractivity contribution in [3.8, 4) is 5.88 Å². The Morgan fingerprint density at radius 2 is 2.17 bits per heavy atom. The second kappa shape index (κ2) is 6.05. The molecule has 0 unspecified atom stereocenters. The SMILES string of the molecule is CCCn1nncc1OCCc1ccccc1N. The van der Waals surface area contributed by atoms with Crippen molar-refractivity contribution < 1.29 is 4.74 Å². The first-order valence-corrected chi connectivity index (χ1v) is 6.16. The van der Waals surface area contributed by atoms with E-state index < -0.39 is 0 Å². The molecule has 2 N–H and O–H groups in total. The van der Waals surface area contributed by atoms with Crippen molar-refractivity contribution in [3.63, 3.8) is 0 Å². The van der Waals surface area contributed by atoms with Crippen molar-refractivity contribution in [2.75, 3.05) is 12.3 Å².